The van der Waals surface area contributed by atoms with E-state index >= 15 is 0 Å². The van der Waals surface area contributed by atoms with Gasteiger partial charge in [-0.2, -0.15) is 0 Å². The molecule has 0 aliphatic heterocycles. The first kappa shape index (κ1) is 14.7. The van der Waals surface area contributed by atoms with Crippen LogP contribution >= 0.6 is 15.9 Å². The minimum atomic E-state index is -0.303. The van der Waals surface area contributed by atoms with E-state index in [0.29, 0.717) is 11.1 Å². The van der Waals surface area contributed by atoms with Gasteiger partial charge in [-0.05, 0) is 55.3 Å². The maximum absolute atomic E-state index is 13.2. The van der Waals surface area contributed by atoms with Gasteiger partial charge in [0.05, 0.1) is 6.04 Å². The Kier molecular flexibility index (Phi) is 4.55. The maximum atomic E-state index is 13.2. The molecule has 0 aromatic heterocycles. The highest BCUT2D eigenvalue weighted by molar-refractivity contribution is 9.10. The number of rotatable bonds is 3. The van der Waals surface area contributed by atoms with Crippen LogP contribution in [-0.4, -0.2) is 5.91 Å². The summed E-state index contributed by atoms with van der Waals surface area (Å²) < 4.78 is 14.2. The summed E-state index contributed by atoms with van der Waals surface area (Å²) in [5.41, 5.74) is 1.95. The zero-order valence-corrected chi connectivity index (χ0v) is 12.9. The first-order valence-electron chi connectivity index (χ1n) is 6.30. The third-order valence-corrected chi connectivity index (χ3v) is 3.67. The summed E-state index contributed by atoms with van der Waals surface area (Å²) in [5.74, 6) is -0.508. The van der Waals surface area contributed by atoms with E-state index < -0.39 is 0 Å². The molecular weight excluding hydrogens is 321 g/mol. The summed E-state index contributed by atoms with van der Waals surface area (Å²) in [6, 6.07) is 12.0. The fraction of sp³-hybridized carbons (Fsp3) is 0.188. The number of amides is 1. The molecule has 0 unspecified atom stereocenters. The summed E-state index contributed by atoms with van der Waals surface area (Å²) >= 11 is 3.37. The number of carbonyl (C=O) groups excluding carboxylic acids is 1. The van der Waals surface area contributed by atoms with Gasteiger partial charge in [0.2, 0.25) is 0 Å². The number of hydrogen-bond donors (Lipinski definition) is 1. The smallest absolute Gasteiger partial charge is 0.251 e. The van der Waals surface area contributed by atoms with Crippen LogP contribution in [0.5, 0.6) is 0 Å². The molecule has 0 aliphatic rings. The minimum absolute atomic E-state index is 0.110. The fourth-order valence-electron chi connectivity index (χ4n) is 1.90. The van der Waals surface area contributed by atoms with E-state index in [1.54, 1.807) is 13.0 Å². The summed E-state index contributed by atoms with van der Waals surface area (Å²) in [6.07, 6.45) is 0. The quantitative estimate of drug-likeness (QED) is 0.885. The van der Waals surface area contributed by atoms with Gasteiger partial charge in [0.15, 0.2) is 0 Å². The molecule has 2 nitrogen and oxygen atoms in total. The van der Waals surface area contributed by atoms with Gasteiger partial charge in [-0.25, -0.2) is 4.39 Å². The molecule has 1 N–H and O–H groups in total. The van der Waals surface area contributed by atoms with E-state index in [2.05, 4.69) is 21.2 Å². The van der Waals surface area contributed by atoms with Crippen molar-refractivity contribution in [3.05, 3.63) is 69.4 Å². The number of hydrogen-bond acceptors (Lipinski definition) is 1. The van der Waals surface area contributed by atoms with Crippen LogP contribution in [0.15, 0.2) is 46.9 Å². The fourth-order valence-corrected chi connectivity index (χ4v) is 2.17. The van der Waals surface area contributed by atoms with Crippen molar-refractivity contribution >= 4 is 21.8 Å². The van der Waals surface area contributed by atoms with Gasteiger partial charge in [0.1, 0.15) is 5.82 Å². The zero-order chi connectivity index (χ0) is 14.7. The van der Waals surface area contributed by atoms with Crippen LogP contribution in [-0.2, 0) is 0 Å². The summed E-state index contributed by atoms with van der Waals surface area (Å²) in [4.78, 5) is 12.1. The lowest BCUT2D eigenvalue weighted by atomic mass is 10.1. The lowest BCUT2D eigenvalue weighted by Crippen LogP contribution is -2.26. The van der Waals surface area contributed by atoms with Crippen LogP contribution in [0.2, 0.25) is 0 Å². The highest BCUT2D eigenvalue weighted by atomic mass is 79.9. The normalized spacial score (nSPS) is 12.0. The predicted molar refractivity (Wildman–Crippen MR) is 81.2 cm³/mol. The summed E-state index contributed by atoms with van der Waals surface area (Å²) in [5, 5.41) is 2.90. The van der Waals surface area contributed by atoms with Crippen molar-refractivity contribution in [2.45, 2.75) is 19.9 Å². The Bertz CT molecular complexity index is 625. The molecule has 0 aliphatic carbocycles. The number of halogens is 2. The Morgan fingerprint density at radius 2 is 1.85 bits per heavy atom. The Morgan fingerprint density at radius 3 is 2.45 bits per heavy atom. The van der Waals surface area contributed by atoms with E-state index in [9.17, 15) is 9.18 Å². The molecule has 20 heavy (non-hydrogen) atoms. The molecule has 2 aromatic carbocycles. The largest absolute Gasteiger partial charge is 0.346 e. The van der Waals surface area contributed by atoms with Crippen molar-refractivity contribution in [3.63, 3.8) is 0 Å². The molecule has 0 radical (unpaired) electrons. The highest BCUT2D eigenvalue weighted by Crippen LogP contribution is 2.17. The van der Waals surface area contributed by atoms with Crippen molar-refractivity contribution in [1.29, 1.82) is 0 Å². The second-order valence-corrected chi connectivity index (χ2v) is 5.63. The van der Waals surface area contributed by atoms with Crippen LogP contribution < -0.4 is 5.32 Å². The molecule has 1 amide bonds. The van der Waals surface area contributed by atoms with Crippen LogP contribution in [0.4, 0.5) is 4.39 Å². The molecule has 0 saturated heterocycles. The van der Waals surface area contributed by atoms with Crippen LogP contribution in [0, 0.1) is 12.7 Å². The number of nitrogens with one attached hydrogen (secondary N) is 1. The molecule has 2 aromatic rings. The van der Waals surface area contributed by atoms with Gasteiger partial charge in [0, 0.05) is 10.0 Å². The van der Waals surface area contributed by atoms with Crippen LogP contribution in [0.25, 0.3) is 0 Å². The van der Waals surface area contributed by atoms with Crippen molar-refractivity contribution in [3.8, 4) is 0 Å². The second-order valence-electron chi connectivity index (χ2n) is 4.71. The van der Waals surface area contributed by atoms with E-state index in [1.807, 2.05) is 31.2 Å². The Labute approximate surface area is 126 Å². The van der Waals surface area contributed by atoms with Gasteiger partial charge in [-0.3, -0.25) is 4.79 Å². The standard InChI is InChI=1S/C16H15BrFNO/c1-10-9-13(5-8-15(10)18)16(20)19-11(2)12-3-6-14(17)7-4-12/h3-9,11H,1-2H3,(H,19,20)/t11-/m0/s1. The molecule has 2 rings (SSSR count). The third-order valence-electron chi connectivity index (χ3n) is 3.14. The van der Waals surface area contributed by atoms with Crippen LogP contribution in [0.3, 0.4) is 0 Å². The van der Waals surface area contributed by atoms with Gasteiger partial charge in [0.25, 0.3) is 5.91 Å². The molecule has 0 fully saturated rings. The average Bonchev–Trinajstić information content (AvgIpc) is 2.42. The Balaban J connectivity index is 2.10. The molecule has 0 heterocycles. The molecule has 0 saturated carbocycles. The lowest BCUT2D eigenvalue weighted by molar-refractivity contribution is 0.0939. The first-order chi connectivity index (χ1) is 9.47. The van der Waals surface area contributed by atoms with E-state index in [1.165, 1.54) is 12.1 Å². The van der Waals surface area contributed by atoms with Gasteiger partial charge in [-0.1, -0.05) is 28.1 Å². The van der Waals surface area contributed by atoms with E-state index in [0.717, 1.165) is 10.0 Å². The summed E-state index contributed by atoms with van der Waals surface area (Å²) in [6.45, 7) is 3.56. The molecule has 104 valence electrons. The maximum Gasteiger partial charge on any atom is 0.251 e. The number of carbonyl (C=O) groups is 1. The van der Waals surface area contributed by atoms with Crippen molar-refractivity contribution in [1.82, 2.24) is 5.32 Å². The predicted octanol–water partition coefficient (Wildman–Crippen LogP) is 4.39. The SMILES string of the molecule is Cc1cc(C(=O)N[C@@H](C)c2ccc(Br)cc2)ccc1F. The minimum Gasteiger partial charge on any atom is -0.346 e. The Morgan fingerprint density at radius 1 is 1.20 bits per heavy atom. The Hall–Kier alpha value is -1.68. The number of benzene rings is 2. The molecule has 0 bridgehead atoms. The van der Waals surface area contributed by atoms with Crippen molar-refractivity contribution in [2.75, 3.05) is 0 Å². The molecule has 4 heteroatoms. The topological polar surface area (TPSA) is 29.1 Å². The second kappa shape index (κ2) is 6.18. The zero-order valence-electron chi connectivity index (χ0n) is 11.3. The van der Waals surface area contributed by atoms with E-state index in [4.69, 9.17) is 0 Å². The van der Waals surface area contributed by atoms with Crippen molar-refractivity contribution < 1.29 is 9.18 Å². The lowest BCUT2D eigenvalue weighted by Gasteiger charge is -2.14. The van der Waals surface area contributed by atoms with E-state index in [-0.39, 0.29) is 17.8 Å². The van der Waals surface area contributed by atoms with Crippen molar-refractivity contribution in [2.24, 2.45) is 0 Å². The summed E-state index contributed by atoms with van der Waals surface area (Å²) in [7, 11) is 0. The van der Waals surface area contributed by atoms with Gasteiger partial charge < -0.3 is 5.32 Å². The monoisotopic (exact) mass is 335 g/mol. The van der Waals surface area contributed by atoms with Gasteiger partial charge >= 0.3 is 0 Å². The molecule has 1 atom stereocenters. The third kappa shape index (κ3) is 3.45. The molecular formula is C16H15BrFNO. The highest BCUT2D eigenvalue weighted by Gasteiger charge is 2.12. The number of aryl methyl sites for hydroxylation is 1. The molecule has 0 spiro atoms. The average molecular weight is 336 g/mol. The van der Waals surface area contributed by atoms with Gasteiger partial charge in [-0.15, -0.1) is 0 Å². The van der Waals surface area contributed by atoms with Crippen LogP contribution in [0.1, 0.15) is 34.5 Å². The first-order valence-corrected chi connectivity index (χ1v) is 7.09.